The molecular weight excluding hydrogens is 336 g/mol. The largest absolute Gasteiger partial charge is 0.481 e. The molecule has 0 rings (SSSR count). The number of guanidine groups is 1. The number of nitrogens with zero attached hydrogens (tertiary/aromatic N) is 1. The van der Waals surface area contributed by atoms with Crippen LogP contribution in [0.15, 0.2) is 4.99 Å². The predicted molar refractivity (Wildman–Crippen MR) is 87.3 cm³/mol. The third kappa shape index (κ3) is 9.76. The van der Waals surface area contributed by atoms with Crippen LogP contribution < -0.4 is 27.8 Å². The first kappa shape index (κ1) is 22.1. The van der Waals surface area contributed by atoms with Crippen molar-refractivity contribution in [2.45, 2.75) is 44.3 Å². The summed E-state index contributed by atoms with van der Waals surface area (Å²) in [7, 11) is 0. The molecule has 3 atom stereocenters. The lowest BCUT2D eigenvalue weighted by Crippen LogP contribution is -2.54. The van der Waals surface area contributed by atoms with Crippen LogP contribution in [0.1, 0.15) is 26.2 Å². The second-order valence-electron chi connectivity index (χ2n) is 5.30. The molecule has 142 valence electrons. The monoisotopic (exact) mass is 360 g/mol. The third-order valence-electron chi connectivity index (χ3n) is 2.99. The van der Waals surface area contributed by atoms with Gasteiger partial charge in [-0.3, -0.25) is 19.4 Å². The van der Waals surface area contributed by atoms with Gasteiger partial charge in [0.2, 0.25) is 11.8 Å². The van der Waals surface area contributed by atoms with E-state index in [2.05, 4.69) is 15.6 Å². The fourth-order valence-corrected chi connectivity index (χ4v) is 1.72. The van der Waals surface area contributed by atoms with E-state index in [1.807, 2.05) is 0 Å². The summed E-state index contributed by atoms with van der Waals surface area (Å²) in [6, 6.07) is -3.62. The van der Waals surface area contributed by atoms with Crippen molar-refractivity contribution < 1.29 is 29.4 Å². The first-order valence-electron chi connectivity index (χ1n) is 7.41. The van der Waals surface area contributed by atoms with Crippen molar-refractivity contribution in [2.75, 3.05) is 6.54 Å². The number of nitrogens with two attached hydrogens (primary N) is 3. The molecule has 12 heteroatoms. The Morgan fingerprint density at radius 3 is 2.04 bits per heavy atom. The zero-order valence-electron chi connectivity index (χ0n) is 13.8. The molecule has 0 aromatic carbocycles. The third-order valence-corrected chi connectivity index (χ3v) is 2.99. The first-order valence-corrected chi connectivity index (χ1v) is 7.41. The number of amides is 2. The Labute approximate surface area is 143 Å². The van der Waals surface area contributed by atoms with Crippen molar-refractivity contribution in [3.8, 4) is 0 Å². The highest BCUT2D eigenvalue weighted by Crippen LogP contribution is 2.02. The van der Waals surface area contributed by atoms with Crippen molar-refractivity contribution in [3.63, 3.8) is 0 Å². The van der Waals surface area contributed by atoms with Crippen molar-refractivity contribution in [1.82, 2.24) is 10.6 Å². The van der Waals surface area contributed by atoms with Gasteiger partial charge in [0.05, 0.1) is 12.5 Å². The number of aliphatic carboxylic acids is 2. The van der Waals surface area contributed by atoms with Gasteiger partial charge in [0, 0.05) is 6.54 Å². The Balaban J connectivity index is 4.98. The van der Waals surface area contributed by atoms with Crippen molar-refractivity contribution in [2.24, 2.45) is 22.2 Å². The van der Waals surface area contributed by atoms with E-state index in [1.54, 1.807) is 0 Å². The zero-order valence-corrected chi connectivity index (χ0v) is 13.8. The zero-order chi connectivity index (χ0) is 19.6. The fraction of sp³-hybridized carbons (Fsp3) is 0.615. The molecule has 0 aliphatic rings. The van der Waals surface area contributed by atoms with Crippen LogP contribution in [-0.4, -0.2) is 64.6 Å². The molecule has 0 aliphatic carbocycles. The highest BCUT2D eigenvalue weighted by molar-refractivity contribution is 5.92. The number of carbonyl (C=O) groups excluding carboxylic acids is 2. The summed E-state index contributed by atoms with van der Waals surface area (Å²) in [4.78, 5) is 49.3. The maximum atomic E-state index is 12.2. The molecule has 0 heterocycles. The number of carboxylic acid groups (broad SMARTS) is 2. The van der Waals surface area contributed by atoms with Crippen LogP contribution in [0, 0.1) is 0 Å². The predicted octanol–water partition coefficient (Wildman–Crippen LogP) is -3.08. The molecule has 0 fully saturated rings. The van der Waals surface area contributed by atoms with Crippen molar-refractivity contribution >= 4 is 29.7 Å². The minimum atomic E-state index is -1.63. The minimum Gasteiger partial charge on any atom is -0.481 e. The summed E-state index contributed by atoms with van der Waals surface area (Å²) in [5.41, 5.74) is 15.8. The highest BCUT2D eigenvalue weighted by atomic mass is 16.4. The maximum Gasteiger partial charge on any atom is 0.326 e. The van der Waals surface area contributed by atoms with Gasteiger partial charge < -0.3 is 38.0 Å². The standard InChI is InChI=1S/C13H24N6O6/c1-6(14)10(22)18-7(3-2-4-17-13(15)16)11(23)19-8(12(24)25)5-9(20)21/h6-8H,2-5,14H2,1H3,(H,18,22)(H,19,23)(H,20,21)(H,24,25)(H4,15,16,17). The number of nitrogens with one attached hydrogen (secondary N) is 2. The van der Waals surface area contributed by atoms with E-state index in [0.29, 0.717) is 6.42 Å². The molecule has 25 heavy (non-hydrogen) atoms. The number of carboxylic acids is 2. The Bertz CT molecular complexity index is 531. The van der Waals surface area contributed by atoms with Gasteiger partial charge in [-0.1, -0.05) is 0 Å². The molecular formula is C13H24N6O6. The second kappa shape index (κ2) is 10.8. The van der Waals surface area contributed by atoms with Gasteiger partial charge in [0.1, 0.15) is 12.1 Å². The molecule has 10 N–H and O–H groups in total. The fourth-order valence-electron chi connectivity index (χ4n) is 1.72. The molecule has 0 saturated carbocycles. The van der Waals surface area contributed by atoms with Gasteiger partial charge in [-0.05, 0) is 19.8 Å². The Morgan fingerprint density at radius 2 is 1.60 bits per heavy atom. The normalized spacial score (nSPS) is 13.8. The van der Waals surface area contributed by atoms with Gasteiger partial charge >= 0.3 is 11.9 Å². The van der Waals surface area contributed by atoms with E-state index in [9.17, 15) is 19.2 Å². The molecule has 2 amide bonds. The number of carbonyl (C=O) groups is 4. The lowest BCUT2D eigenvalue weighted by atomic mass is 10.1. The summed E-state index contributed by atoms with van der Waals surface area (Å²) in [5, 5.41) is 22.1. The lowest BCUT2D eigenvalue weighted by Gasteiger charge is -2.21. The van der Waals surface area contributed by atoms with Gasteiger partial charge in [-0.2, -0.15) is 0 Å². The summed E-state index contributed by atoms with van der Waals surface area (Å²) in [6.45, 7) is 1.60. The number of rotatable bonds is 11. The summed E-state index contributed by atoms with van der Waals surface area (Å²) >= 11 is 0. The number of aliphatic imine (C=N–C) groups is 1. The van der Waals surface area contributed by atoms with Gasteiger partial charge in [-0.25, -0.2) is 4.79 Å². The van der Waals surface area contributed by atoms with Crippen LogP contribution in [-0.2, 0) is 19.2 Å². The number of hydrogen-bond donors (Lipinski definition) is 7. The Hall–Kier alpha value is -2.89. The molecule has 0 radical (unpaired) electrons. The van der Waals surface area contributed by atoms with Crippen LogP contribution >= 0.6 is 0 Å². The molecule has 0 spiro atoms. The quantitative estimate of drug-likeness (QED) is 0.112. The summed E-state index contributed by atoms with van der Waals surface area (Å²) in [5.74, 6) is -4.49. The lowest BCUT2D eigenvalue weighted by molar-refractivity contribution is -0.147. The Morgan fingerprint density at radius 1 is 1.04 bits per heavy atom. The maximum absolute atomic E-state index is 12.2. The Kier molecular flexibility index (Phi) is 9.56. The SMILES string of the molecule is CC(N)C(=O)NC(CCCN=C(N)N)C(=O)NC(CC(=O)O)C(=O)O. The topological polar surface area (TPSA) is 223 Å². The van der Waals surface area contributed by atoms with E-state index < -0.39 is 48.3 Å². The minimum absolute atomic E-state index is 0.0977. The van der Waals surface area contributed by atoms with Crippen LogP contribution in [0.5, 0.6) is 0 Å². The summed E-state index contributed by atoms with van der Waals surface area (Å²) in [6.07, 6.45) is -0.393. The van der Waals surface area contributed by atoms with Gasteiger partial charge in [0.25, 0.3) is 0 Å². The average Bonchev–Trinajstić information content (AvgIpc) is 2.48. The van der Waals surface area contributed by atoms with E-state index in [4.69, 9.17) is 27.4 Å². The summed E-state index contributed by atoms with van der Waals surface area (Å²) < 4.78 is 0. The van der Waals surface area contributed by atoms with E-state index in [-0.39, 0.29) is 18.9 Å². The molecule has 0 aromatic heterocycles. The molecule has 3 unspecified atom stereocenters. The van der Waals surface area contributed by atoms with Crippen LogP contribution in [0.2, 0.25) is 0 Å². The van der Waals surface area contributed by atoms with Crippen molar-refractivity contribution in [3.05, 3.63) is 0 Å². The highest BCUT2D eigenvalue weighted by Gasteiger charge is 2.28. The first-order chi connectivity index (χ1) is 11.5. The molecule has 12 nitrogen and oxygen atoms in total. The molecule has 0 aliphatic heterocycles. The molecule has 0 bridgehead atoms. The second-order valence-corrected chi connectivity index (χ2v) is 5.30. The van der Waals surface area contributed by atoms with Crippen LogP contribution in [0.3, 0.4) is 0 Å². The molecule has 0 saturated heterocycles. The van der Waals surface area contributed by atoms with Gasteiger partial charge in [-0.15, -0.1) is 0 Å². The number of hydrogen-bond acceptors (Lipinski definition) is 6. The van der Waals surface area contributed by atoms with Crippen molar-refractivity contribution in [1.29, 1.82) is 0 Å². The van der Waals surface area contributed by atoms with Crippen LogP contribution in [0.25, 0.3) is 0 Å². The van der Waals surface area contributed by atoms with Crippen LogP contribution in [0.4, 0.5) is 0 Å². The van der Waals surface area contributed by atoms with E-state index >= 15 is 0 Å². The van der Waals surface area contributed by atoms with Gasteiger partial charge in [0.15, 0.2) is 5.96 Å². The van der Waals surface area contributed by atoms with E-state index in [1.165, 1.54) is 6.92 Å². The molecule has 0 aromatic rings. The average molecular weight is 360 g/mol. The smallest absolute Gasteiger partial charge is 0.326 e. The van der Waals surface area contributed by atoms with E-state index in [0.717, 1.165) is 0 Å².